The van der Waals surface area contributed by atoms with Crippen molar-refractivity contribution in [2.75, 3.05) is 13.1 Å². The zero-order chi connectivity index (χ0) is 19.9. The van der Waals surface area contributed by atoms with Gasteiger partial charge in [0.25, 0.3) is 5.78 Å². The molecule has 0 saturated carbocycles. The molecule has 1 heterocycles. The summed E-state index contributed by atoms with van der Waals surface area (Å²) in [6.07, 6.45) is -16.4. The van der Waals surface area contributed by atoms with Crippen LogP contribution < -0.4 is 0 Å². The Morgan fingerprint density at radius 1 is 0.808 bits per heavy atom. The van der Waals surface area contributed by atoms with Crippen molar-refractivity contribution in [2.24, 2.45) is 0 Å². The van der Waals surface area contributed by atoms with Gasteiger partial charge in [-0.1, -0.05) is 30.3 Å². The van der Waals surface area contributed by atoms with E-state index in [2.05, 4.69) is 0 Å². The van der Waals surface area contributed by atoms with Crippen LogP contribution in [0.1, 0.15) is 11.6 Å². The molecule has 26 heavy (non-hydrogen) atoms. The van der Waals surface area contributed by atoms with Crippen LogP contribution in [0.4, 0.5) is 39.5 Å². The lowest BCUT2D eigenvalue weighted by atomic mass is 9.91. The van der Waals surface area contributed by atoms with Gasteiger partial charge in [-0.25, -0.2) is 9.80 Å². The number of benzene rings is 1. The third-order valence-electron chi connectivity index (χ3n) is 3.89. The van der Waals surface area contributed by atoms with Crippen LogP contribution in [0.2, 0.25) is 0 Å². The Balaban J connectivity index is 2.65. The number of ketones is 1. The van der Waals surface area contributed by atoms with Gasteiger partial charge in [0.1, 0.15) is 6.04 Å². The Morgan fingerprint density at radius 2 is 1.27 bits per heavy atom. The molecule has 0 amide bonds. The maximum atomic E-state index is 13.3. The summed E-state index contributed by atoms with van der Waals surface area (Å²) in [5.74, 6) is -2.89. The fraction of sp³-hybridized carbons (Fsp3) is 0.500. The third-order valence-corrected chi connectivity index (χ3v) is 3.89. The first-order chi connectivity index (χ1) is 11.7. The summed E-state index contributed by atoms with van der Waals surface area (Å²) in [6.45, 7) is -2.68. The molecule has 2 unspecified atom stereocenters. The van der Waals surface area contributed by atoms with E-state index in [1.54, 1.807) is 0 Å². The molecule has 146 valence electrons. The molecule has 0 aromatic heterocycles. The van der Waals surface area contributed by atoms with Gasteiger partial charge in [0.2, 0.25) is 0 Å². The van der Waals surface area contributed by atoms with Crippen molar-refractivity contribution in [3.8, 4) is 0 Å². The molecule has 2 rings (SSSR count). The number of carbonyl (C=O) groups is 1. The van der Waals surface area contributed by atoms with Crippen molar-refractivity contribution in [2.45, 2.75) is 30.9 Å². The second-order valence-corrected chi connectivity index (χ2v) is 5.48. The lowest BCUT2D eigenvalue weighted by Crippen LogP contribution is -2.66. The van der Waals surface area contributed by atoms with Gasteiger partial charge in [-0.05, 0) is 5.56 Å². The topological polar surface area (TPSA) is 23.6 Å². The van der Waals surface area contributed by atoms with E-state index in [1.807, 2.05) is 0 Å². The first-order valence-electron chi connectivity index (χ1n) is 7.07. The molecule has 0 bridgehead atoms. The molecule has 2 atom stereocenters. The molecule has 1 aromatic rings. The predicted octanol–water partition coefficient (Wildman–Crippen LogP) is 3.88. The molecular formula is C14H11F9N2O. The Hall–Kier alpha value is -1.82. The summed E-state index contributed by atoms with van der Waals surface area (Å²) in [7, 11) is 0. The molecule has 0 radical (unpaired) electrons. The Labute approximate surface area is 141 Å². The largest absolute Gasteiger partial charge is 0.460 e. The van der Waals surface area contributed by atoms with Gasteiger partial charge in [-0.3, -0.25) is 4.79 Å². The fourth-order valence-corrected chi connectivity index (χ4v) is 2.87. The third kappa shape index (κ3) is 4.11. The van der Waals surface area contributed by atoms with E-state index in [-0.39, 0.29) is 0 Å². The van der Waals surface area contributed by atoms with Gasteiger partial charge in [-0.2, -0.15) is 39.5 Å². The lowest BCUT2D eigenvalue weighted by Gasteiger charge is -2.47. The number of alkyl halides is 9. The smallest absolute Gasteiger partial charge is 0.288 e. The molecule has 3 nitrogen and oxygen atoms in total. The van der Waals surface area contributed by atoms with Crippen molar-refractivity contribution in [1.82, 2.24) is 9.80 Å². The number of hydrogen-bond acceptors (Lipinski definition) is 3. The van der Waals surface area contributed by atoms with Crippen molar-refractivity contribution < 1.29 is 44.3 Å². The molecule has 1 aromatic carbocycles. The van der Waals surface area contributed by atoms with Crippen LogP contribution in [0.25, 0.3) is 0 Å². The number of carbonyl (C=O) groups excluding carboxylic acids is 1. The average Bonchev–Trinajstić information content (AvgIpc) is 2.51. The minimum Gasteiger partial charge on any atom is -0.288 e. The van der Waals surface area contributed by atoms with E-state index in [4.69, 9.17) is 0 Å². The van der Waals surface area contributed by atoms with Crippen LogP contribution in [-0.4, -0.2) is 53.5 Å². The summed E-state index contributed by atoms with van der Waals surface area (Å²) < 4.78 is 118. The molecule has 12 heteroatoms. The molecule has 1 fully saturated rings. The SMILES string of the molecule is O=C(C1C(c2ccccc2)N(C(F)(F)F)CCN1C(F)(F)F)C(F)(F)F. The van der Waals surface area contributed by atoms with Gasteiger partial charge in [0.15, 0.2) is 0 Å². The minimum atomic E-state index is -5.74. The molecule has 0 spiro atoms. The predicted molar refractivity (Wildman–Crippen MR) is 69.6 cm³/mol. The number of piperazine rings is 1. The first-order valence-corrected chi connectivity index (χ1v) is 7.07. The monoisotopic (exact) mass is 394 g/mol. The van der Waals surface area contributed by atoms with Crippen molar-refractivity contribution in [1.29, 1.82) is 0 Å². The number of halogens is 9. The van der Waals surface area contributed by atoms with Gasteiger partial charge < -0.3 is 0 Å². The van der Waals surface area contributed by atoms with E-state index < -0.39 is 65.1 Å². The zero-order valence-corrected chi connectivity index (χ0v) is 12.7. The maximum Gasteiger partial charge on any atom is 0.460 e. The summed E-state index contributed by atoms with van der Waals surface area (Å²) in [5, 5.41) is 0. The highest BCUT2D eigenvalue weighted by Crippen LogP contribution is 2.43. The maximum absolute atomic E-state index is 13.3. The first kappa shape index (κ1) is 20.5. The van der Waals surface area contributed by atoms with E-state index in [9.17, 15) is 44.3 Å². The summed E-state index contributed by atoms with van der Waals surface area (Å²) in [6, 6.07) is -0.0861. The van der Waals surface area contributed by atoms with Crippen LogP contribution >= 0.6 is 0 Å². The molecule has 1 saturated heterocycles. The zero-order valence-electron chi connectivity index (χ0n) is 12.7. The van der Waals surface area contributed by atoms with Crippen molar-refractivity contribution in [3.63, 3.8) is 0 Å². The van der Waals surface area contributed by atoms with Crippen LogP contribution in [-0.2, 0) is 4.79 Å². The number of nitrogens with zero attached hydrogens (tertiary/aromatic N) is 2. The molecule has 0 N–H and O–H groups in total. The Bertz CT molecular complexity index is 639. The summed E-state index contributed by atoms with van der Waals surface area (Å²) in [5.41, 5.74) is -0.485. The molecule has 1 aliphatic rings. The van der Waals surface area contributed by atoms with Crippen molar-refractivity contribution in [3.05, 3.63) is 35.9 Å². The molecule has 1 aliphatic heterocycles. The molecular weight excluding hydrogens is 383 g/mol. The number of rotatable bonds is 2. The van der Waals surface area contributed by atoms with Crippen LogP contribution in [0, 0.1) is 0 Å². The number of hydrogen-bond donors (Lipinski definition) is 0. The van der Waals surface area contributed by atoms with Crippen LogP contribution in [0.5, 0.6) is 0 Å². The summed E-state index contributed by atoms with van der Waals surface area (Å²) in [4.78, 5) is 10.4. The number of Topliss-reactive ketones (excluding diaryl/α,β-unsaturated/α-hetero) is 1. The van der Waals surface area contributed by atoms with Crippen LogP contribution in [0.15, 0.2) is 30.3 Å². The van der Waals surface area contributed by atoms with Gasteiger partial charge in [0, 0.05) is 13.1 Å². The fourth-order valence-electron chi connectivity index (χ4n) is 2.87. The second kappa shape index (κ2) is 6.72. The van der Waals surface area contributed by atoms with E-state index in [0.29, 0.717) is 0 Å². The van der Waals surface area contributed by atoms with E-state index in [1.165, 1.54) is 6.07 Å². The minimum absolute atomic E-state index is 0.473. The van der Waals surface area contributed by atoms with Gasteiger partial charge in [0.05, 0.1) is 6.04 Å². The quantitative estimate of drug-likeness (QED) is 0.562. The second-order valence-electron chi connectivity index (χ2n) is 5.48. The highest BCUT2D eigenvalue weighted by molar-refractivity contribution is 5.90. The van der Waals surface area contributed by atoms with Crippen LogP contribution in [0.3, 0.4) is 0 Å². The van der Waals surface area contributed by atoms with Gasteiger partial charge >= 0.3 is 18.8 Å². The Kier molecular flexibility index (Phi) is 5.30. The Morgan fingerprint density at radius 3 is 1.69 bits per heavy atom. The standard InChI is InChI=1S/C14H11F9N2O/c15-12(16,17)11(26)10-9(8-4-2-1-3-5-8)24(13(18,19)20)6-7-25(10)14(21,22)23/h1-5,9-10H,6-7H2. The lowest BCUT2D eigenvalue weighted by molar-refractivity contribution is -0.315. The average molecular weight is 394 g/mol. The van der Waals surface area contributed by atoms with E-state index in [0.717, 1.165) is 24.3 Å². The van der Waals surface area contributed by atoms with E-state index >= 15 is 0 Å². The summed E-state index contributed by atoms with van der Waals surface area (Å²) >= 11 is 0. The molecule has 0 aliphatic carbocycles. The van der Waals surface area contributed by atoms with Gasteiger partial charge in [-0.15, -0.1) is 0 Å². The normalized spacial score (nSPS) is 23.9. The van der Waals surface area contributed by atoms with Crippen molar-refractivity contribution >= 4 is 5.78 Å². The highest BCUT2D eigenvalue weighted by Gasteiger charge is 2.61. The highest BCUT2D eigenvalue weighted by atomic mass is 19.4.